The van der Waals surface area contributed by atoms with Crippen molar-refractivity contribution in [1.29, 1.82) is 5.53 Å². The lowest BCUT2D eigenvalue weighted by molar-refractivity contribution is 1.15. The zero-order valence-corrected chi connectivity index (χ0v) is 9.80. The third kappa shape index (κ3) is 1.68. The van der Waals surface area contributed by atoms with Crippen LogP contribution in [0.1, 0.15) is 0 Å². The number of benzene rings is 3. The molecular formula is C16H12N2. The van der Waals surface area contributed by atoms with Gasteiger partial charge in [0.05, 0.1) is 5.69 Å². The van der Waals surface area contributed by atoms with Crippen molar-refractivity contribution in [2.24, 2.45) is 5.11 Å². The molecule has 18 heavy (non-hydrogen) atoms. The first-order valence-electron chi connectivity index (χ1n) is 5.85. The Balaban J connectivity index is 2.35. The van der Waals surface area contributed by atoms with Gasteiger partial charge in [-0.15, -0.1) is 0 Å². The number of nitrogens with one attached hydrogen (secondary N) is 1. The molecule has 3 aromatic rings. The molecule has 0 heterocycles. The number of nitrogens with zero attached hydrogens (tertiary/aromatic N) is 1. The van der Waals surface area contributed by atoms with Gasteiger partial charge in [0.15, 0.2) is 0 Å². The van der Waals surface area contributed by atoms with Crippen LogP contribution in [0.5, 0.6) is 0 Å². The van der Waals surface area contributed by atoms with Crippen LogP contribution in [0.2, 0.25) is 0 Å². The molecule has 0 bridgehead atoms. The van der Waals surface area contributed by atoms with Gasteiger partial charge in [0, 0.05) is 5.56 Å². The van der Waals surface area contributed by atoms with Gasteiger partial charge in [0.2, 0.25) is 0 Å². The minimum atomic E-state index is 0.703. The van der Waals surface area contributed by atoms with Crippen molar-refractivity contribution >= 4 is 16.5 Å². The second-order valence-corrected chi connectivity index (χ2v) is 4.16. The van der Waals surface area contributed by atoms with Gasteiger partial charge in [0.1, 0.15) is 0 Å². The summed E-state index contributed by atoms with van der Waals surface area (Å²) in [6.45, 7) is 0. The molecule has 1 N–H and O–H groups in total. The first-order chi connectivity index (χ1) is 8.90. The number of rotatable bonds is 2. The molecule has 0 aliphatic rings. The van der Waals surface area contributed by atoms with Crippen molar-refractivity contribution in [3.05, 3.63) is 66.7 Å². The zero-order chi connectivity index (χ0) is 12.4. The monoisotopic (exact) mass is 232 g/mol. The molecule has 86 valence electrons. The van der Waals surface area contributed by atoms with Crippen LogP contribution < -0.4 is 0 Å². The maximum atomic E-state index is 7.27. The molecular weight excluding hydrogens is 220 g/mol. The molecule has 0 aliphatic heterocycles. The van der Waals surface area contributed by atoms with Crippen molar-refractivity contribution in [3.8, 4) is 11.1 Å². The molecule has 0 atom stereocenters. The molecule has 0 spiro atoms. The average Bonchev–Trinajstić information content (AvgIpc) is 2.46. The van der Waals surface area contributed by atoms with Gasteiger partial charge in [0.25, 0.3) is 0 Å². The summed E-state index contributed by atoms with van der Waals surface area (Å²) in [6, 6.07) is 22.2. The largest absolute Gasteiger partial charge is 0.204 e. The Morgan fingerprint density at radius 3 is 2.22 bits per heavy atom. The lowest BCUT2D eigenvalue weighted by Gasteiger charge is -2.08. The SMILES string of the molecule is N=Nc1ccccc1-c1cccc2ccccc12. The lowest BCUT2D eigenvalue weighted by atomic mass is 9.97. The highest BCUT2D eigenvalue weighted by atomic mass is 15.0. The van der Waals surface area contributed by atoms with Gasteiger partial charge in [-0.25, -0.2) is 5.53 Å². The summed E-state index contributed by atoms with van der Waals surface area (Å²) in [5.74, 6) is 0. The normalized spacial score (nSPS) is 10.4. The van der Waals surface area contributed by atoms with E-state index in [2.05, 4.69) is 29.4 Å². The fourth-order valence-electron chi connectivity index (χ4n) is 2.26. The Hall–Kier alpha value is -2.48. The lowest BCUT2D eigenvalue weighted by Crippen LogP contribution is -1.81. The molecule has 0 aliphatic carbocycles. The highest BCUT2D eigenvalue weighted by molar-refractivity contribution is 5.98. The van der Waals surface area contributed by atoms with Crippen molar-refractivity contribution in [1.82, 2.24) is 0 Å². The molecule has 3 rings (SSSR count). The second kappa shape index (κ2) is 4.41. The number of hydrogen-bond donors (Lipinski definition) is 1. The summed E-state index contributed by atoms with van der Waals surface area (Å²) in [5.41, 5.74) is 10.1. The Morgan fingerprint density at radius 1 is 0.667 bits per heavy atom. The average molecular weight is 232 g/mol. The standard InChI is InChI=1S/C16H12N2/c17-18-16-11-4-3-9-15(16)14-10-5-7-12-6-1-2-8-13(12)14/h1-11,17H. The van der Waals surface area contributed by atoms with E-state index in [9.17, 15) is 0 Å². The number of hydrogen-bond acceptors (Lipinski definition) is 2. The minimum Gasteiger partial charge on any atom is -0.204 e. The van der Waals surface area contributed by atoms with E-state index in [1.165, 1.54) is 10.8 Å². The van der Waals surface area contributed by atoms with E-state index in [4.69, 9.17) is 5.53 Å². The Morgan fingerprint density at radius 2 is 1.33 bits per heavy atom. The summed E-state index contributed by atoms with van der Waals surface area (Å²) >= 11 is 0. The van der Waals surface area contributed by atoms with Crippen LogP contribution in [-0.2, 0) is 0 Å². The zero-order valence-electron chi connectivity index (χ0n) is 9.80. The van der Waals surface area contributed by atoms with Gasteiger partial charge < -0.3 is 0 Å². The van der Waals surface area contributed by atoms with Crippen molar-refractivity contribution in [2.45, 2.75) is 0 Å². The molecule has 3 aromatic carbocycles. The summed E-state index contributed by atoms with van der Waals surface area (Å²) in [7, 11) is 0. The fraction of sp³-hybridized carbons (Fsp3) is 0. The van der Waals surface area contributed by atoms with E-state index < -0.39 is 0 Å². The summed E-state index contributed by atoms with van der Waals surface area (Å²) in [6.07, 6.45) is 0. The van der Waals surface area contributed by atoms with Gasteiger partial charge in [-0.3, -0.25) is 0 Å². The van der Waals surface area contributed by atoms with Gasteiger partial charge in [-0.1, -0.05) is 60.7 Å². The number of fused-ring (bicyclic) bond motifs is 1. The molecule has 0 unspecified atom stereocenters. The van der Waals surface area contributed by atoms with Crippen molar-refractivity contribution in [2.75, 3.05) is 0 Å². The molecule has 0 amide bonds. The van der Waals surface area contributed by atoms with Gasteiger partial charge in [-0.05, 0) is 22.4 Å². The molecule has 0 saturated carbocycles. The Bertz CT molecular complexity index is 712. The quantitative estimate of drug-likeness (QED) is 0.592. The highest BCUT2D eigenvalue weighted by Crippen LogP contribution is 2.34. The van der Waals surface area contributed by atoms with Crippen LogP contribution in [0, 0.1) is 5.53 Å². The maximum absolute atomic E-state index is 7.27. The molecule has 0 aromatic heterocycles. The van der Waals surface area contributed by atoms with E-state index in [0.717, 1.165) is 11.1 Å². The van der Waals surface area contributed by atoms with E-state index in [1.54, 1.807) is 0 Å². The smallest absolute Gasteiger partial charge is 0.0928 e. The Labute approximate surface area is 105 Å². The summed E-state index contributed by atoms with van der Waals surface area (Å²) < 4.78 is 0. The van der Waals surface area contributed by atoms with Crippen molar-refractivity contribution in [3.63, 3.8) is 0 Å². The van der Waals surface area contributed by atoms with E-state index in [-0.39, 0.29) is 0 Å². The van der Waals surface area contributed by atoms with Crippen LogP contribution in [-0.4, -0.2) is 0 Å². The molecule has 0 radical (unpaired) electrons. The van der Waals surface area contributed by atoms with E-state index >= 15 is 0 Å². The fourth-order valence-corrected chi connectivity index (χ4v) is 2.26. The third-order valence-corrected chi connectivity index (χ3v) is 3.10. The summed E-state index contributed by atoms with van der Waals surface area (Å²) in [5, 5.41) is 6.00. The van der Waals surface area contributed by atoms with Gasteiger partial charge >= 0.3 is 0 Å². The van der Waals surface area contributed by atoms with Crippen LogP contribution in [0.4, 0.5) is 5.69 Å². The first kappa shape index (κ1) is 10.7. The second-order valence-electron chi connectivity index (χ2n) is 4.16. The van der Waals surface area contributed by atoms with Crippen LogP contribution in [0.15, 0.2) is 71.8 Å². The first-order valence-corrected chi connectivity index (χ1v) is 5.85. The van der Waals surface area contributed by atoms with E-state index in [0.29, 0.717) is 5.69 Å². The molecule has 2 heteroatoms. The third-order valence-electron chi connectivity index (χ3n) is 3.10. The van der Waals surface area contributed by atoms with E-state index in [1.807, 2.05) is 42.5 Å². The Kier molecular flexibility index (Phi) is 2.61. The predicted molar refractivity (Wildman–Crippen MR) is 74.2 cm³/mol. The van der Waals surface area contributed by atoms with Crippen LogP contribution in [0.25, 0.3) is 21.9 Å². The maximum Gasteiger partial charge on any atom is 0.0928 e. The molecule has 0 fully saturated rings. The predicted octanol–water partition coefficient (Wildman–Crippen LogP) is 5.17. The molecule has 0 saturated heterocycles. The number of para-hydroxylation sites is 1. The van der Waals surface area contributed by atoms with Crippen LogP contribution in [0.3, 0.4) is 0 Å². The minimum absolute atomic E-state index is 0.703. The van der Waals surface area contributed by atoms with Crippen molar-refractivity contribution < 1.29 is 0 Å². The molecule has 2 nitrogen and oxygen atoms in total. The summed E-state index contributed by atoms with van der Waals surface area (Å²) in [4.78, 5) is 0. The van der Waals surface area contributed by atoms with Gasteiger partial charge in [-0.2, -0.15) is 5.11 Å². The highest BCUT2D eigenvalue weighted by Gasteiger charge is 2.06. The van der Waals surface area contributed by atoms with Crippen LogP contribution >= 0.6 is 0 Å². The topological polar surface area (TPSA) is 36.2 Å².